The number of rotatable bonds is 15. The number of nitrogens with zero attached hydrogens (tertiary/aromatic N) is 3. The van der Waals surface area contributed by atoms with E-state index < -0.39 is 0 Å². The number of likely N-dealkylation sites (tertiary alicyclic amines) is 1. The Morgan fingerprint density at radius 3 is 1.59 bits per heavy atom. The van der Waals surface area contributed by atoms with Gasteiger partial charge < -0.3 is 51.3 Å². The van der Waals surface area contributed by atoms with Crippen molar-refractivity contribution in [2.45, 2.75) is 58.7 Å². The van der Waals surface area contributed by atoms with Gasteiger partial charge in [-0.1, -0.05) is 30.1 Å². The van der Waals surface area contributed by atoms with Crippen LogP contribution in [0.25, 0.3) is 0 Å². The van der Waals surface area contributed by atoms with Crippen LogP contribution in [0, 0.1) is 11.8 Å². The lowest BCUT2D eigenvalue weighted by molar-refractivity contribution is -0.0335. The van der Waals surface area contributed by atoms with Crippen LogP contribution in [0.15, 0.2) is 24.3 Å². The molecule has 0 bridgehead atoms. The smallest absolute Gasteiger partial charge is 0.255 e. The van der Waals surface area contributed by atoms with Crippen LogP contribution in [-0.4, -0.2) is 150 Å². The van der Waals surface area contributed by atoms with E-state index in [1.165, 1.54) is 38.8 Å². The van der Waals surface area contributed by atoms with Crippen LogP contribution < -0.4 is 36.9 Å². The fourth-order valence-corrected chi connectivity index (χ4v) is 8.39. The molecule has 2 aromatic rings. The lowest BCUT2D eigenvalue weighted by atomic mass is 9.96. The average molecular weight is 850 g/mol. The molecule has 2 amide bonds. The monoisotopic (exact) mass is 848 g/mol. The number of amides is 2. The van der Waals surface area contributed by atoms with Crippen molar-refractivity contribution in [1.82, 2.24) is 30.7 Å². The van der Waals surface area contributed by atoms with Crippen LogP contribution in [0.4, 0.5) is 11.4 Å². The summed E-state index contributed by atoms with van der Waals surface area (Å²) in [6.45, 7) is 20.8. The van der Waals surface area contributed by atoms with Crippen LogP contribution in [0.3, 0.4) is 0 Å². The van der Waals surface area contributed by atoms with Crippen molar-refractivity contribution in [1.29, 1.82) is 0 Å². The maximum absolute atomic E-state index is 12.7. The van der Waals surface area contributed by atoms with Gasteiger partial charge in [-0.2, -0.15) is 0 Å². The van der Waals surface area contributed by atoms with Gasteiger partial charge in [-0.25, -0.2) is 0 Å². The van der Waals surface area contributed by atoms with Crippen LogP contribution in [0.1, 0.15) is 67.2 Å². The first-order valence-electron chi connectivity index (χ1n) is 21.2. The number of anilines is 2. The number of piperidine rings is 2. The van der Waals surface area contributed by atoms with Crippen LogP contribution in [0.2, 0.25) is 10.0 Å². The van der Waals surface area contributed by atoms with E-state index in [1.807, 2.05) is 13.8 Å². The van der Waals surface area contributed by atoms with Crippen molar-refractivity contribution in [2.75, 3.05) is 123 Å². The van der Waals surface area contributed by atoms with Gasteiger partial charge in [0.25, 0.3) is 11.8 Å². The third-order valence-corrected chi connectivity index (χ3v) is 12.0. The minimum atomic E-state index is -0.232. The number of hydrogen-bond acceptors (Lipinski definition) is 12. The molecule has 4 saturated heterocycles. The molecular weight excluding hydrogens is 783 g/mol. The van der Waals surface area contributed by atoms with Crippen LogP contribution >= 0.6 is 23.2 Å². The summed E-state index contributed by atoms with van der Waals surface area (Å²) in [4.78, 5) is 32.9. The standard InChI is InChI=1S/C22H35ClN4O3.C20H31ClN4O3/c1-3-26-7-5-16(6-8-26)14-27-9-10-30-17(15-27)13-25-22(28)18-11-19(23)20(24)12-21(18)29-4-2;1-2-27-19-10-18(22)17(21)9-16(19)20(26)24-11-15-13-25(7-8-28-15)12-14-3-5-23-6-4-14/h11-12,16-17H,3-10,13-15,24H2,1-2H3,(H,25,28);9-10,14-15,23H,2-8,11-13,22H2,1H3,(H,24,26). The van der Waals surface area contributed by atoms with Gasteiger partial charge in [-0.15, -0.1) is 0 Å². The third-order valence-electron chi connectivity index (χ3n) is 11.4. The van der Waals surface area contributed by atoms with E-state index in [4.69, 9.17) is 53.6 Å². The number of nitrogen functional groups attached to an aromatic ring is 2. The van der Waals surface area contributed by atoms with Crippen molar-refractivity contribution >= 4 is 46.4 Å². The van der Waals surface area contributed by atoms with Gasteiger partial charge in [0.1, 0.15) is 11.5 Å². The number of halogens is 2. The Balaban J connectivity index is 0.000000221. The second-order valence-electron chi connectivity index (χ2n) is 15.6. The lowest BCUT2D eigenvalue weighted by Crippen LogP contribution is -2.49. The summed E-state index contributed by atoms with van der Waals surface area (Å²) >= 11 is 12.2. The van der Waals surface area contributed by atoms with E-state index >= 15 is 0 Å². The molecular formula is C42H66Cl2N8O6. The number of carbonyl (C=O) groups excluding carboxylic acids is 2. The molecule has 16 heteroatoms. The molecule has 0 spiro atoms. The fourth-order valence-electron chi connectivity index (χ4n) is 8.07. The summed E-state index contributed by atoms with van der Waals surface area (Å²) in [5.41, 5.74) is 13.3. The molecule has 0 saturated carbocycles. The maximum Gasteiger partial charge on any atom is 0.255 e. The molecule has 0 aliphatic carbocycles. The van der Waals surface area contributed by atoms with E-state index in [9.17, 15) is 9.59 Å². The largest absolute Gasteiger partial charge is 0.493 e. The molecule has 0 aromatic heterocycles. The van der Waals surface area contributed by atoms with Gasteiger partial charge in [0.2, 0.25) is 0 Å². The molecule has 4 aliphatic heterocycles. The molecule has 4 heterocycles. The van der Waals surface area contributed by atoms with E-state index in [1.54, 1.807) is 24.3 Å². The van der Waals surface area contributed by atoms with Crippen molar-refractivity contribution in [3.05, 3.63) is 45.4 Å². The number of morpholine rings is 2. The topological polar surface area (TPSA) is 169 Å². The Hall–Kier alpha value is -3.08. The van der Waals surface area contributed by atoms with Gasteiger partial charge >= 0.3 is 0 Å². The first-order valence-corrected chi connectivity index (χ1v) is 21.9. The molecule has 14 nitrogen and oxygen atoms in total. The second kappa shape index (κ2) is 23.6. The molecule has 0 radical (unpaired) electrons. The second-order valence-corrected chi connectivity index (χ2v) is 16.4. The van der Waals surface area contributed by atoms with Crippen LogP contribution in [-0.2, 0) is 9.47 Å². The number of carbonyl (C=O) groups is 2. The predicted molar refractivity (Wildman–Crippen MR) is 232 cm³/mol. The number of hydrogen-bond donors (Lipinski definition) is 5. The summed E-state index contributed by atoms with van der Waals surface area (Å²) in [7, 11) is 0. The first kappa shape index (κ1) is 46.0. The Labute approximate surface area is 354 Å². The van der Waals surface area contributed by atoms with Gasteiger partial charge in [0, 0.05) is 64.5 Å². The van der Waals surface area contributed by atoms with E-state index in [0.29, 0.717) is 83.6 Å². The van der Waals surface area contributed by atoms with E-state index in [2.05, 4.69) is 37.6 Å². The highest BCUT2D eigenvalue weighted by Crippen LogP contribution is 2.30. The van der Waals surface area contributed by atoms with Gasteiger partial charge in [-0.3, -0.25) is 19.4 Å². The maximum atomic E-state index is 12.7. The molecule has 2 unspecified atom stereocenters. The van der Waals surface area contributed by atoms with Crippen LogP contribution in [0.5, 0.6) is 11.5 Å². The van der Waals surface area contributed by atoms with E-state index in [-0.39, 0.29) is 24.0 Å². The summed E-state index contributed by atoms with van der Waals surface area (Å²) < 4.78 is 22.9. The minimum Gasteiger partial charge on any atom is -0.493 e. The molecule has 6 rings (SSSR count). The summed E-state index contributed by atoms with van der Waals surface area (Å²) in [6.07, 6.45) is 4.97. The SMILES string of the molecule is CCOc1cc(N)c(Cl)cc1C(=O)NCC1CN(CC2CCN(CC)CC2)CCO1.CCOc1cc(N)c(Cl)cc1C(=O)NCC1CN(CC2CCNCC2)CCO1. The third kappa shape index (κ3) is 14.0. The van der Waals surface area contributed by atoms with Crippen molar-refractivity contribution in [2.24, 2.45) is 11.8 Å². The zero-order valence-electron chi connectivity index (χ0n) is 34.7. The molecule has 2 aromatic carbocycles. The fraction of sp³-hybridized carbons (Fsp3) is 0.667. The highest BCUT2D eigenvalue weighted by atomic mass is 35.5. The average Bonchev–Trinajstić information content (AvgIpc) is 3.23. The molecule has 2 atom stereocenters. The highest BCUT2D eigenvalue weighted by molar-refractivity contribution is 6.34. The van der Waals surface area contributed by atoms with Crippen molar-refractivity contribution in [3.63, 3.8) is 0 Å². The van der Waals surface area contributed by atoms with Gasteiger partial charge in [0.15, 0.2) is 0 Å². The minimum absolute atomic E-state index is 0.0146. The van der Waals surface area contributed by atoms with Gasteiger partial charge in [-0.05, 0) is 96.2 Å². The molecule has 7 N–H and O–H groups in total. The number of nitrogens with one attached hydrogen (secondary N) is 3. The first-order chi connectivity index (χ1) is 28.1. The highest BCUT2D eigenvalue weighted by Gasteiger charge is 2.27. The Morgan fingerprint density at radius 2 is 1.16 bits per heavy atom. The summed E-state index contributed by atoms with van der Waals surface area (Å²) in [5.74, 6) is 1.94. The zero-order chi connectivity index (χ0) is 41.4. The predicted octanol–water partition coefficient (Wildman–Crippen LogP) is 4.23. The number of ether oxygens (including phenoxy) is 4. The normalized spacial score (nSPS) is 21.5. The lowest BCUT2D eigenvalue weighted by Gasteiger charge is -2.38. The number of benzene rings is 2. The molecule has 58 heavy (non-hydrogen) atoms. The molecule has 324 valence electrons. The number of nitrogens with two attached hydrogens (primary N) is 2. The Bertz CT molecular complexity index is 1610. The Morgan fingerprint density at radius 1 is 0.707 bits per heavy atom. The van der Waals surface area contributed by atoms with Crippen molar-refractivity contribution in [3.8, 4) is 11.5 Å². The molecule has 4 aliphatic rings. The summed E-state index contributed by atoms with van der Waals surface area (Å²) in [5, 5.41) is 10.0. The van der Waals surface area contributed by atoms with E-state index in [0.717, 1.165) is 70.7 Å². The summed E-state index contributed by atoms with van der Waals surface area (Å²) in [6, 6.07) is 6.32. The quantitative estimate of drug-likeness (QED) is 0.162. The van der Waals surface area contributed by atoms with Gasteiger partial charge in [0.05, 0.1) is 71.2 Å². The molecule has 4 fully saturated rings. The zero-order valence-corrected chi connectivity index (χ0v) is 36.2. The van der Waals surface area contributed by atoms with Crippen molar-refractivity contribution < 1.29 is 28.5 Å². The Kier molecular flexibility index (Phi) is 18.7.